The highest BCUT2D eigenvalue weighted by Gasteiger charge is 2.22. The molecular formula is C15H21FN2O3. The van der Waals surface area contributed by atoms with Crippen LogP contribution in [0.3, 0.4) is 0 Å². The van der Waals surface area contributed by atoms with Crippen molar-refractivity contribution in [1.29, 1.82) is 0 Å². The van der Waals surface area contributed by atoms with Gasteiger partial charge >= 0.3 is 5.97 Å². The Morgan fingerprint density at radius 2 is 1.95 bits per heavy atom. The fourth-order valence-electron chi connectivity index (χ4n) is 1.79. The Hall–Kier alpha value is -2.11. The molecular weight excluding hydrogens is 275 g/mol. The molecule has 0 aliphatic carbocycles. The van der Waals surface area contributed by atoms with Crippen molar-refractivity contribution in [2.45, 2.75) is 45.8 Å². The normalized spacial score (nSPS) is 12.0. The van der Waals surface area contributed by atoms with Gasteiger partial charge in [0.05, 0.1) is 5.56 Å². The first-order chi connectivity index (χ1) is 9.88. The van der Waals surface area contributed by atoms with Crippen LogP contribution in [0.2, 0.25) is 0 Å². The summed E-state index contributed by atoms with van der Waals surface area (Å²) in [7, 11) is 0. The van der Waals surface area contributed by atoms with Crippen molar-refractivity contribution < 1.29 is 18.7 Å². The molecule has 1 atom stereocenters. The lowest BCUT2D eigenvalue weighted by molar-refractivity contribution is -0.129. The van der Waals surface area contributed by atoms with Crippen LogP contribution in [0.15, 0.2) is 18.2 Å². The molecule has 0 saturated carbocycles. The third kappa shape index (κ3) is 4.73. The number of amides is 1. The lowest BCUT2D eigenvalue weighted by atomic mass is 10.1. The van der Waals surface area contributed by atoms with Crippen LogP contribution >= 0.6 is 0 Å². The maximum atomic E-state index is 13.6. The predicted octanol–water partition coefficient (Wildman–Crippen LogP) is 2.26. The van der Waals surface area contributed by atoms with Crippen LogP contribution in [0, 0.1) is 5.82 Å². The Morgan fingerprint density at radius 3 is 2.48 bits per heavy atom. The first kappa shape index (κ1) is 16.9. The number of ether oxygens (including phenoxy) is 1. The minimum absolute atomic E-state index is 0.0342. The minimum Gasteiger partial charge on any atom is -0.449 e. The molecule has 5 nitrogen and oxygen atoms in total. The fraction of sp³-hybridized carbons (Fsp3) is 0.467. The molecule has 0 spiro atoms. The summed E-state index contributed by atoms with van der Waals surface area (Å²) in [6.45, 7) is 5.36. The molecule has 0 heterocycles. The van der Waals surface area contributed by atoms with Crippen molar-refractivity contribution in [2.75, 3.05) is 5.73 Å². The van der Waals surface area contributed by atoms with Crippen LogP contribution in [0.4, 0.5) is 10.1 Å². The van der Waals surface area contributed by atoms with Crippen LogP contribution in [0.25, 0.3) is 0 Å². The summed E-state index contributed by atoms with van der Waals surface area (Å²) >= 11 is 0. The number of esters is 1. The van der Waals surface area contributed by atoms with E-state index in [-0.39, 0.29) is 17.3 Å². The predicted molar refractivity (Wildman–Crippen MR) is 78.2 cm³/mol. The highest BCUT2D eigenvalue weighted by molar-refractivity contribution is 5.92. The molecule has 0 radical (unpaired) electrons. The molecule has 0 bridgehead atoms. The third-order valence-electron chi connectivity index (χ3n) is 3.20. The molecule has 3 N–H and O–H groups in total. The second kappa shape index (κ2) is 7.61. The highest BCUT2D eigenvalue weighted by atomic mass is 19.1. The van der Waals surface area contributed by atoms with Crippen LogP contribution in [-0.4, -0.2) is 24.0 Å². The van der Waals surface area contributed by atoms with Crippen molar-refractivity contribution in [1.82, 2.24) is 5.32 Å². The molecule has 1 unspecified atom stereocenters. The van der Waals surface area contributed by atoms with E-state index < -0.39 is 23.8 Å². The summed E-state index contributed by atoms with van der Waals surface area (Å²) < 4.78 is 18.6. The van der Waals surface area contributed by atoms with E-state index in [4.69, 9.17) is 10.5 Å². The van der Waals surface area contributed by atoms with Gasteiger partial charge in [0.1, 0.15) is 5.82 Å². The zero-order valence-electron chi connectivity index (χ0n) is 12.5. The zero-order valence-corrected chi connectivity index (χ0v) is 12.5. The largest absolute Gasteiger partial charge is 0.449 e. The number of halogens is 1. The van der Waals surface area contributed by atoms with E-state index >= 15 is 0 Å². The average Bonchev–Trinajstić information content (AvgIpc) is 2.44. The topological polar surface area (TPSA) is 81.4 Å². The van der Waals surface area contributed by atoms with E-state index in [9.17, 15) is 14.0 Å². The van der Waals surface area contributed by atoms with E-state index in [2.05, 4.69) is 5.32 Å². The Balaban J connectivity index is 2.67. The molecule has 1 aromatic carbocycles. The van der Waals surface area contributed by atoms with E-state index in [1.807, 2.05) is 13.8 Å². The molecule has 0 aliphatic rings. The first-order valence-electron chi connectivity index (χ1n) is 6.95. The van der Waals surface area contributed by atoms with E-state index in [1.165, 1.54) is 19.1 Å². The number of carbonyl (C=O) groups excluding carboxylic acids is 2. The van der Waals surface area contributed by atoms with Gasteiger partial charge in [0, 0.05) is 11.7 Å². The third-order valence-corrected chi connectivity index (χ3v) is 3.20. The molecule has 21 heavy (non-hydrogen) atoms. The quantitative estimate of drug-likeness (QED) is 0.623. The molecule has 0 saturated heterocycles. The zero-order chi connectivity index (χ0) is 16.0. The number of benzene rings is 1. The van der Waals surface area contributed by atoms with Gasteiger partial charge in [-0.1, -0.05) is 13.8 Å². The minimum atomic E-state index is -0.991. The van der Waals surface area contributed by atoms with Gasteiger partial charge in [-0.25, -0.2) is 9.18 Å². The smallest absolute Gasteiger partial charge is 0.341 e. The van der Waals surface area contributed by atoms with Gasteiger partial charge < -0.3 is 15.8 Å². The van der Waals surface area contributed by atoms with Crippen LogP contribution < -0.4 is 11.1 Å². The standard InChI is InChI=1S/C15H21FN2O3/c1-4-11(5-2)18-14(19)9(3)21-15(20)12-7-6-10(17)8-13(12)16/h6-9,11H,4-5,17H2,1-3H3,(H,18,19). The highest BCUT2D eigenvalue weighted by Crippen LogP contribution is 2.14. The van der Waals surface area contributed by atoms with Crippen molar-refractivity contribution >= 4 is 17.6 Å². The summed E-state index contributed by atoms with van der Waals surface area (Å²) in [4.78, 5) is 23.7. The Kier molecular flexibility index (Phi) is 6.14. The van der Waals surface area contributed by atoms with E-state index in [1.54, 1.807) is 0 Å². The molecule has 0 aliphatic heterocycles. The van der Waals surface area contributed by atoms with Crippen molar-refractivity contribution in [2.24, 2.45) is 0 Å². The number of hydrogen-bond donors (Lipinski definition) is 2. The molecule has 6 heteroatoms. The first-order valence-corrected chi connectivity index (χ1v) is 6.95. The van der Waals surface area contributed by atoms with Gasteiger partial charge in [-0.2, -0.15) is 0 Å². The van der Waals surface area contributed by atoms with Gasteiger partial charge in [0.15, 0.2) is 6.10 Å². The summed E-state index contributed by atoms with van der Waals surface area (Å²) in [6.07, 6.45) is 0.584. The van der Waals surface area contributed by atoms with Crippen molar-refractivity contribution in [3.63, 3.8) is 0 Å². The molecule has 0 fully saturated rings. The van der Waals surface area contributed by atoms with Gasteiger partial charge in [-0.15, -0.1) is 0 Å². The van der Waals surface area contributed by atoms with E-state index in [0.29, 0.717) is 0 Å². The Labute approximate surface area is 123 Å². The van der Waals surface area contributed by atoms with Gasteiger partial charge in [0.25, 0.3) is 5.91 Å². The molecule has 0 aromatic heterocycles. The van der Waals surface area contributed by atoms with Gasteiger partial charge in [-0.3, -0.25) is 4.79 Å². The summed E-state index contributed by atoms with van der Waals surface area (Å²) in [5.74, 6) is -2.06. The fourth-order valence-corrected chi connectivity index (χ4v) is 1.79. The SMILES string of the molecule is CCC(CC)NC(=O)C(C)OC(=O)c1ccc(N)cc1F. The lowest BCUT2D eigenvalue weighted by Gasteiger charge is -2.18. The number of carbonyl (C=O) groups is 2. The molecule has 116 valence electrons. The Bertz CT molecular complexity index is 516. The maximum absolute atomic E-state index is 13.6. The maximum Gasteiger partial charge on any atom is 0.341 e. The van der Waals surface area contributed by atoms with Crippen LogP contribution in [0.5, 0.6) is 0 Å². The van der Waals surface area contributed by atoms with E-state index in [0.717, 1.165) is 18.9 Å². The second-order valence-corrected chi connectivity index (χ2v) is 4.81. The Morgan fingerprint density at radius 1 is 1.33 bits per heavy atom. The molecule has 1 rings (SSSR count). The number of hydrogen-bond acceptors (Lipinski definition) is 4. The number of nitrogens with one attached hydrogen (secondary N) is 1. The average molecular weight is 296 g/mol. The molecule has 1 amide bonds. The number of nitrogen functional groups attached to an aromatic ring is 1. The number of rotatable bonds is 6. The number of nitrogens with two attached hydrogens (primary N) is 1. The lowest BCUT2D eigenvalue weighted by Crippen LogP contribution is -2.41. The van der Waals surface area contributed by atoms with Crippen molar-refractivity contribution in [3.8, 4) is 0 Å². The van der Waals surface area contributed by atoms with Crippen LogP contribution in [-0.2, 0) is 9.53 Å². The van der Waals surface area contributed by atoms with Crippen LogP contribution in [0.1, 0.15) is 44.0 Å². The second-order valence-electron chi connectivity index (χ2n) is 4.81. The van der Waals surface area contributed by atoms with Gasteiger partial charge in [-0.05, 0) is 38.0 Å². The summed E-state index contributed by atoms with van der Waals surface area (Å²) in [5, 5.41) is 2.77. The summed E-state index contributed by atoms with van der Waals surface area (Å²) in [6, 6.07) is 3.70. The monoisotopic (exact) mass is 296 g/mol. The summed E-state index contributed by atoms with van der Waals surface area (Å²) in [5.41, 5.74) is 5.37. The van der Waals surface area contributed by atoms with Gasteiger partial charge in [0.2, 0.25) is 0 Å². The van der Waals surface area contributed by atoms with Crippen molar-refractivity contribution in [3.05, 3.63) is 29.6 Å². The number of anilines is 1. The molecule has 1 aromatic rings.